The highest BCUT2D eigenvalue weighted by Crippen LogP contribution is 2.28. The molecule has 0 atom stereocenters. The Bertz CT molecular complexity index is 847. The predicted molar refractivity (Wildman–Crippen MR) is 117 cm³/mol. The first-order chi connectivity index (χ1) is 12.7. The molecule has 0 unspecified atom stereocenters. The lowest BCUT2D eigenvalue weighted by molar-refractivity contribution is -0.131. The van der Waals surface area contributed by atoms with Crippen LogP contribution in [0.5, 0.6) is 0 Å². The van der Waals surface area contributed by atoms with Crippen molar-refractivity contribution in [1.82, 2.24) is 4.90 Å². The van der Waals surface area contributed by atoms with Gasteiger partial charge in [0, 0.05) is 22.1 Å². The molecule has 0 radical (unpaired) electrons. The molecule has 144 valence electrons. The second kappa shape index (κ2) is 9.42. The van der Waals surface area contributed by atoms with E-state index in [-0.39, 0.29) is 18.4 Å². The van der Waals surface area contributed by atoms with Crippen LogP contribution in [-0.2, 0) is 9.59 Å². The summed E-state index contributed by atoms with van der Waals surface area (Å²) in [6.45, 7) is 8.00. The van der Waals surface area contributed by atoms with Crippen molar-refractivity contribution in [2.75, 3.05) is 24.7 Å². The maximum absolute atomic E-state index is 12.4. The van der Waals surface area contributed by atoms with Crippen LogP contribution in [0.4, 0.5) is 5.69 Å². The number of nitrogens with one attached hydrogen (secondary N) is 1. The number of carbonyl (C=O) groups is 2. The monoisotopic (exact) mass is 448 g/mol. The maximum Gasteiger partial charge on any atom is 0.243 e. The molecule has 0 aliphatic carbocycles. The minimum absolute atomic E-state index is 0.0332. The van der Waals surface area contributed by atoms with E-state index in [2.05, 4.69) is 33.4 Å². The lowest BCUT2D eigenvalue weighted by Gasteiger charge is -2.18. The number of para-hydroxylation sites is 1. The standard InChI is InChI=1S/C21H25BrN2O2S/c1-13-7-6-8-14(2)21(13)23-19(25)11-24(5)20(26)12-27-18-10-15(3)17(22)9-16(18)4/h6-10H,11-12H2,1-5H3,(H,23,25). The fourth-order valence-electron chi connectivity index (χ4n) is 2.65. The first-order valence-electron chi connectivity index (χ1n) is 8.68. The predicted octanol–water partition coefficient (Wildman–Crippen LogP) is 4.87. The van der Waals surface area contributed by atoms with E-state index in [4.69, 9.17) is 0 Å². The Morgan fingerprint density at radius 1 is 1.04 bits per heavy atom. The Morgan fingerprint density at radius 3 is 2.30 bits per heavy atom. The van der Waals surface area contributed by atoms with Gasteiger partial charge in [0.15, 0.2) is 0 Å². The van der Waals surface area contributed by atoms with E-state index in [1.165, 1.54) is 16.7 Å². The van der Waals surface area contributed by atoms with Gasteiger partial charge in [0.25, 0.3) is 0 Å². The van der Waals surface area contributed by atoms with Crippen molar-refractivity contribution in [2.24, 2.45) is 0 Å². The topological polar surface area (TPSA) is 49.4 Å². The lowest BCUT2D eigenvalue weighted by Crippen LogP contribution is -2.36. The Labute approximate surface area is 173 Å². The first-order valence-corrected chi connectivity index (χ1v) is 10.5. The smallest absolute Gasteiger partial charge is 0.243 e. The van der Waals surface area contributed by atoms with Crippen molar-refractivity contribution in [1.29, 1.82) is 0 Å². The van der Waals surface area contributed by atoms with Gasteiger partial charge in [0.1, 0.15) is 0 Å². The SMILES string of the molecule is Cc1cc(SCC(=O)N(C)CC(=O)Nc2c(C)cccc2C)c(C)cc1Br. The van der Waals surface area contributed by atoms with Crippen molar-refractivity contribution in [3.8, 4) is 0 Å². The van der Waals surface area contributed by atoms with Gasteiger partial charge in [-0.15, -0.1) is 11.8 Å². The zero-order chi connectivity index (χ0) is 20.1. The summed E-state index contributed by atoms with van der Waals surface area (Å²) in [4.78, 5) is 27.3. The van der Waals surface area contributed by atoms with Gasteiger partial charge >= 0.3 is 0 Å². The van der Waals surface area contributed by atoms with E-state index in [0.717, 1.165) is 37.3 Å². The number of carbonyl (C=O) groups excluding carboxylic acids is 2. The van der Waals surface area contributed by atoms with Crippen LogP contribution < -0.4 is 5.32 Å². The molecule has 0 fully saturated rings. The van der Waals surface area contributed by atoms with E-state index < -0.39 is 0 Å². The number of rotatable bonds is 6. The van der Waals surface area contributed by atoms with Gasteiger partial charge < -0.3 is 10.2 Å². The number of hydrogen-bond acceptors (Lipinski definition) is 3. The minimum atomic E-state index is -0.191. The van der Waals surface area contributed by atoms with Crippen molar-refractivity contribution in [2.45, 2.75) is 32.6 Å². The number of nitrogens with zero attached hydrogens (tertiary/aromatic N) is 1. The highest BCUT2D eigenvalue weighted by molar-refractivity contribution is 9.10. The molecule has 2 aromatic carbocycles. The summed E-state index contributed by atoms with van der Waals surface area (Å²) >= 11 is 5.02. The van der Waals surface area contributed by atoms with Crippen LogP contribution in [-0.4, -0.2) is 36.1 Å². The zero-order valence-corrected chi connectivity index (χ0v) is 18.8. The third-order valence-electron chi connectivity index (χ3n) is 4.36. The summed E-state index contributed by atoms with van der Waals surface area (Å²) in [7, 11) is 1.66. The molecule has 2 rings (SSSR count). The quantitative estimate of drug-likeness (QED) is 0.640. The van der Waals surface area contributed by atoms with Crippen LogP contribution >= 0.6 is 27.7 Å². The summed E-state index contributed by atoms with van der Waals surface area (Å²) in [5, 5.41) is 2.92. The van der Waals surface area contributed by atoms with Gasteiger partial charge in [-0.3, -0.25) is 9.59 Å². The van der Waals surface area contributed by atoms with E-state index in [9.17, 15) is 9.59 Å². The average molecular weight is 449 g/mol. The number of amides is 2. The summed E-state index contributed by atoms with van der Waals surface area (Å²) < 4.78 is 1.07. The molecule has 2 aromatic rings. The van der Waals surface area contributed by atoms with Gasteiger partial charge in [-0.2, -0.15) is 0 Å². The largest absolute Gasteiger partial charge is 0.336 e. The zero-order valence-electron chi connectivity index (χ0n) is 16.4. The summed E-state index contributed by atoms with van der Waals surface area (Å²) in [6, 6.07) is 10.0. The van der Waals surface area contributed by atoms with Crippen LogP contribution in [0.2, 0.25) is 0 Å². The maximum atomic E-state index is 12.4. The first kappa shape index (κ1) is 21.5. The molecule has 2 amide bonds. The fourth-order valence-corrected chi connectivity index (χ4v) is 4.16. The van der Waals surface area contributed by atoms with E-state index >= 15 is 0 Å². The van der Waals surface area contributed by atoms with Crippen LogP contribution in [0.25, 0.3) is 0 Å². The summed E-state index contributed by atoms with van der Waals surface area (Å²) in [5.41, 5.74) is 5.10. The molecular weight excluding hydrogens is 424 g/mol. The molecule has 0 saturated heterocycles. The molecule has 4 nitrogen and oxygen atoms in total. The Kier molecular flexibility index (Phi) is 7.50. The number of benzene rings is 2. The van der Waals surface area contributed by atoms with Crippen molar-refractivity contribution in [3.05, 3.63) is 57.1 Å². The second-order valence-electron chi connectivity index (χ2n) is 6.72. The normalized spacial score (nSPS) is 10.6. The molecule has 6 heteroatoms. The minimum Gasteiger partial charge on any atom is -0.336 e. The fraction of sp³-hybridized carbons (Fsp3) is 0.333. The Hall–Kier alpha value is -1.79. The number of anilines is 1. The second-order valence-corrected chi connectivity index (χ2v) is 8.59. The van der Waals surface area contributed by atoms with Crippen molar-refractivity contribution >= 4 is 45.2 Å². The third kappa shape index (κ3) is 5.84. The van der Waals surface area contributed by atoms with E-state index in [1.807, 2.05) is 45.9 Å². The average Bonchev–Trinajstić information content (AvgIpc) is 2.60. The molecule has 0 saturated carbocycles. The Morgan fingerprint density at radius 2 is 1.67 bits per heavy atom. The molecule has 0 aliphatic rings. The molecule has 0 bridgehead atoms. The number of thioether (sulfide) groups is 1. The van der Waals surface area contributed by atoms with Crippen molar-refractivity contribution in [3.63, 3.8) is 0 Å². The highest BCUT2D eigenvalue weighted by atomic mass is 79.9. The molecule has 0 heterocycles. The van der Waals surface area contributed by atoms with Gasteiger partial charge in [0.2, 0.25) is 11.8 Å². The number of likely N-dealkylation sites (N-methyl/N-ethyl adjacent to an activating group) is 1. The number of halogens is 1. The molecule has 0 aromatic heterocycles. The molecular formula is C21H25BrN2O2S. The third-order valence-corrected chi connectivity index (χ3v) is 6.36. The van der Waals surface area contributed by atoms with E-state index in [0.29, 0.717) is 5.75 Å². The molecule has 0 aliphatic heterocycles. The van der Waals surface area contributed by atoms with Crippen molar-refractivity contribution < 1.29 is 9.59 Å². The Balaban J connectivity index is 1.92. The summed E-state index contributed by atoms with van der Waals surface area (Å²) in [6.07, 6.45) is 0. The molecule has 27 heavy (non-hydrogen) atoms. The number of hydrogen-bond donors (Lipinski definition) is 1. The van der Waals surface area contributed by atoms with Gasteiger partial charge in [-0.1, -0.05) is 34.1 Å². The van der Waals surface area contributed by atoms with Crippen LogP contribution in [0.1, 0.15) is 22.3 Å². The van der Waals surface area contributed by atoms with Crippen LogP contribution in [0.3, 0.4) is 0 Å². The van der Waals surface area contributed by atoms with Crippen LogP contribution in [0.15, 0.2) is 39.7 Å². The lowest BCUT2D eigenvalue weighted by atomic mass is 10.1. The number of aryl methyl sites for hydroxylation is 4. The molecule has 1 N–H and O–H groups in total. The highest BCUT2D eigenvalue weighted by Gasteiger charge is 2.15. The molecule has 0 spiro atoms. The van der Waals surface area contributed by atoms with Crippen LogP contribution in [0, 0.1) is 27.7 Å². The van der Waals surface area contributed by atoms with E-state index in [1.54, 1.807) is 7.05 Å². The summed E-state index contributed by atoms with van der Waals surface area (Å²) in [5.74, 6) is 0.0373. The van der Waals surface area contributed by atoms with Gasteiger partial charge in [0.05, 0.1) is 12.3 Å². The van der Waals surface area contributed by atoms with Gasteiger partial charge in [-0.05, 0) is 62.1 Å². The van der Waals surface area contributed by atoms with Gasteiger partial charge in [-0.25, -0.2) is 0 Å².